The molecule has 1 N–H and O–H groups in total. The summed E-state index contributed by atoms with van der Waals surface area (Å²) < 4.78 is 5.67. The zero-order valence-electron chi connectivity index (χ0n) is 11.5. The van der Waals surface area contributed by atoms with Crippen LogP contribution in [0.4, 0.5) is 5.69 Å². The van der Waals surface area contributed by atoms with Crippen molar-refractivity contribution < 1.29 is 24.0 Å². The van der Waals surface area contributed by atoms with E-state index in [1.807, 2.05) is 0 Å². The summed E-state index contributed by atoms with van der Waals surface area (Å²) in [5, 5.41) is 0. The lowest BCUT2D eigenvalue weighted by Gasteiger charge is -2.15. The molecule has 0 spiro atoms. The van der Waals surface area contributed by atoms with E-state index in [-0.39, 0.29) is 17.9 Å². The van der Waals surface area contributed by atoms with E-state index in [0.717, 1.165) is 9.37 Å². The zero-order valence-corrected chi connectivity index (χ0v) is 13.0. The second-order valence-electron chi connectivity index (χ2n) is 4.56. The Kier molecular flexibility index (Phi) is 3.71. The standard InChI is InChI=1S/C14H11BrN2O5/c1-2-21-14(20)10-9-11(22-16-10)13(19)17(12(9)18)8-5-3-7(15)4-6-8/h3-6,11,16H,2H2,1H3/t11-/m1/s1. The number of fused-ring (bicyclic) bond motifs is 1. The van der Waals surface area contributed by atoms with Crippen molar-refractivity contribution in [3.63, 3.8) is 0 Å². The number of hydrogen-bond donors (Lipinski definition) is 1. The molecule has 2 aliphatic heterocycles. The van der Waals surface area contributed by atoms with Crippen LogP contribution in [0.25, 0.3) is 0 Å². The molecule has 114 valence electrons. The fourth-order valence-corrected chi connectivity index (χ4v) is 2.55. The summed E-state index contributed by atoms with van der Waals surface area (Å²) in [5.74, 6) is -1.86. The Morgan fingerprint density at radius 2 is 2.05 bits per heavy atom. The van der Waals surface area contributed by atoms with Crippen molar-refractivity contribution in [2.45, 2.75) is 13.0 Å². The van der Waals surface area contributed by atoms with E-state index in [0.29, 0.717) is 5.69 Å². The molecule has 0 saturated carbocycles. The summed E-state index contributed by atoms with van der Waals surface area (Å²) in [5.41, 5.74) is 2.58. The van der Waals surface area contributed by atoms with Crippen LogP contribution >= 0.6 is 15.9 Å². The number of imide groups is 1. The molecule has 1 aromatic rings. The maximum Gasteiger partial charge on any atom is 0.357 e. The minimum Gasteiger partial charge on any atom is -0.461 e. The van der Waals surface area contributed by atoms with E-state index in [9.17, 15) is 14.4 Å². The third-order valence-electron chi connectivity index (χ3n) is 3.25. The molecular weight excluding hydrogens is 356 g/mol. The first-order chi connectivity index (χ1) is 10.5. The fourth-order valence-electron chi connectivity index (χ4n) is 2.28. The van der Waals surface area contributed by atoms with E-state index in [1.54, 1.807) is 31.2 Å². The molecule has 0 bridgehead atoms. The number of benzene rings is 1. The van der Waals surface area contributed by atoms with Gasteiger partial charge in [0.05, 0.1) is 17.9 Å². The highest BCUT2D eigenvalue weighted by Gasteiger charge is 2.52. The zero-order chi connectivity index (χ0) is 15.9. The molecule has 3 rings (SSSR count). The molecule has 22 heavy (non-hydrogen) atoms. The fraction of sp³-hybridized carbons (Fsp3) is 0.214. The van der Waals surface area contributed by atoms with Crippen molar-refractivity contribution in [1.82, 2.24) is 5.48 Å². The molecular formula is C14H11BrN2O5. The molecule has 2 aliphatic rings. The van der Waals surface area contributed by atoms with Crippen LogP contribution < -0.4 is 10.4 Å². The van der Waals surface area contributed by atoms with Gasteiger partial charge in [0.1, 0.15) is 0 Å². The van der Waals surface area contributed by atoms with Gasteiger partial charge in [-0.05, 0) is 31.2 Å². The second-order valence-corrected chi connectivity index (χ2v) is 5.48. The number of hydrogen-bond acceptors (Lipinski definition) is 6. The van der Waals surface area contributed by atoms with Gasteiger partial charge in [0.25, 0.3) is 11.8 Å². The Morgan fingerprint density at radius 3 is 2.68 bits per heavy atom. The van der Waals surface area contributed by atoms with E-state index in [2.05, 4.69) is 21.4 Å². The first-order valence-electron chi connectivity index (χ1n) is 6.51. The molecule has 0 aromatic heterocycles. The monoisotopic (exact) mass is 366 g/mol. The summed E-state index contributed by atoms with van der Waals surface area (Å²) in [6, 6.07) is 6.67. The first-order valence-corrected chi connectivity index (χ1v) is 7.30. The van der Waals surface area contributed by atoms with E-state index < -0.39 is 23.9 Å². The van der Waals surface area contributed by atoms with Crippen LogP contribution in [0.2, 0.25) is 0 Å². The van der Waals surface area contributed by atoms with Gasteiger partial charge in [-0.3, -0.25) is 19.9 Å². The van der Waals surface area contributed by atoms with Gasteiger partial charge in [0.15, 0.2) is 11.8 Å². The molecule has 2 amide bonds. The van der Waals surface area contributed by atoms with Crippen molar-refractivity contribution in [3.05, 3.63) is 40.0 Å². The molecule has 1 aromatic carbocycles. The molecule has 1 saturated heterocycles. The van der Waals surface area contributed by atoms with E-state index in [1.165, 1.54) is 0 Å². The Balaban J connectivity index is 1.99. The third kappa shape index (κ3) is 2.20. The molecule has 8 heteroatoms. The Bertz CT molecular complexity index is 698. The molecule has 1 atom stereocenters. The van der Waals surface area contributed by atoms with Gasteiger partial charge in [-0.25, -0.2) is 9.69 Å². The maximum atomic E-state index is 12.5. The molecule has 1 fully saturated rings. The summed E-state index contributed by atoms with van der Waals surface area (Å²) in [7, 11) is 0. The smallest absolute Gasteiger partial charge is 0.357 e. The summed E-state index contributed by atoms with van der Waals surface area (Å²) in [6.07, 6.45) is -1.13. The Hall–Kier alpha value is -2.19. The van der Waals surface area contributed by atoms with Crippen molar-refractivity contribution in [2.24, 2.45) is 0 Å². The predicted octanol–water partition coefficient (Wildman–Crippen LogP) is 1.04. The summed E-state index contributed by atoms with van der Waals surface area (Å²) in [4.78, 5) is 42.7. The number of halogens is 1. The molecule has 0 aliphatic carbocycles. The van der Waals surface area contributed by atoms with Gasteiger partial charge in [-0.15, -0.1) is 0 Å². The number of anilines is 1. The highest BCUT2D eigenvalue weighted by atomic mass is 79.9. The number of rotatable bonds is 3. The van der Waals surface area contributed by atoms with Crippen LogP contribution in [0.15, 0.2) is 40.0 Å². The number of ether oxygens (including phenoxy) is 1. The highest BCUT2D eigenvalue weighted by molar-refractivity contribution is 9.10. The minimum atomic E-state index is -1.13. The van der Waals surface area contributed by atoms with E-state index >= 15 is 0 Å². The van der Waals surface area contributed by atoms with E-state index in [4.69, 9.17) is 9.57 Å². The summed E-state index contributed by atoms with van der Waals surface area (Å²) >= 11 is 3.29. The molecule has 0 unspecified atom stereocenters. The highest BCUT2D eigenvalue weighted by Crippen LogP contribution is 2.33. The van der Waals surface area contributed by atoms with Crippen molar-refractivity contribution in [3.8, 4) is 0 Å². The minimum absolute atomic E-state index is 0.0219. The van der Waals surface area contributed by atoms with Gasteiger partial charge in [0.2, 0.25) is 0 Å². The summed E-state index contributed by atoms with van der Waals surface area (Å²) in [6.45, 7) is 1.80. The van der Waals surface area contributed by atoms with Crippen LogP contribution in [0.3, 0.4) is 0 Å². The lowest BCUT2D eigenvalue weighted by molar-refractivity contribution is -0.141. The quantitative estimate of drug-likeness (QED) is 0.635. The molecule has 2 heterocycles. The number of carbonyl (C=O) groups is 3. The van der Waals surface area contributed by atoms with Crippen LogP contribution in [0.1, 0.15) is 6.92 Å². The number of hydroxylamine groups is 1. The van der Waals surface area contributed by atoms with Crippen LogP contribution in [0, 0.1) is 0 Å². The first kappa shape index (κ1) is 14.7. The van der Waals surface area contributed by atoms with Crippen molar-refractivity contribution >= 4 is 39.4 Å². The van der Waals surface area contributed by atoms with Crippen LogP contribution in [0.5, 0.6) is 0 Å². The predicted molar refractivity (Wildman–Crippen MR) is 78.3 cm³/mol. The number of nitrogens with one attached hydrogen (secondary N) is 1. The largest absolute Gasteiger partial charge is 0.461 e. The van der Waals surface area contributed by atoms with Crippen molar-refractivity contribution in [1.29, 1.82) is 0 Å². The lowest BCUT2D eigenvalue weighted by atomic mass is 10.1. The number of nitrogens with zero attached hydrogens (tertiary/aromatic N) is 1. The van der Waals surface area contributed by atoms with Gasteiger partial charge >= 0.3 is 5.97 Å². The van der Waals surface area contributed by atoms with Crippen LogP contribution in [-0.4, -0.2) is 30.5 Å². The molecule has 0 radical (unpaired) electrons. The van der Waals surface area contributed by atoms with Gasteiger partial charge in [0, 0.05) is 4.47 Å². The topological polar surface area (TPSA) is 84.9 Å². The van der Waals surface area contributed by atoms with Crippen LogP contribution in [-0.2, 0) is 24.0 Å². The average Bonchev–Trinajstić information content (AvgIpc) is 3.03. The average molecular weight is 367 g/mol. The SMILES string of the molecule is CCOC(=O)C1=C2C(=O)N(c3ccc(Br)cc3)C(=O)[C@@H]2ON1. The molecule has 7 nitrogen and oxygen atoms in total. The Labute approximate surface area is 133 Å². The normalized spacial score (nSPS) is 20.3. The second kappa shape index (κ2) is 5.54. The van der Waals surface area contributed by atoms with Gasteiger partial charge in [-0.1, -0.05) is 15.9 Å². The Morgan fingerprint density at radius 1 is 1.36 bits per heavy atom. The third-order valence-corrected chi connectivity index (χ3v) is 3.78. The number of carbonyl (C=O) groups excluding carboxylic acids is 3. The van der Waals surface area contributed by atoms with Gasteiger partial charge < -0.3 is 4.74 Å². The maximum absolute atomic E-state index is 12.5. The number of amides is 2. The number of esters is 1. The lowest BCUT2D eigenvalue weighted by Crippen LogP contribution is -2.35. The van der Waals surface area contributed by atoms with Gasteiger partial charge in [-0.2, -0.15) is 0 Å². The van der Waals surface area contributed by atoms with Crippen molar-refractivity contribution in [2.75, 3.05) is 11.5 Å².